The van der Waals surface area contributed by atoms with Crippen LogP contribution in [-0.4, -0.2) is 17.6 Å². The minimum atomic E-state index is -0.413. The molecule has 2 amide bonds. The third-order valence-electron chi connectivity index (χ3n) is 2.95. The van der Waals surface area contributed by atoms with E-state index in [1.165, 1.54) is 6.92 Å². The molecule has 0 fully saturated rings. The third kappa shape index (κ3) is 4.56. The maximum atomic E-state index is 11.8. The number of amides is 2. The van der Waals surface area contributed by atoms with Gasteiger partial charge in [0, 0.05) is 16.9 Å². The summed E-state index contributed by atoms with van der Waals surface area (Å²) >= 11 is 0. The Morgan fingerprint density at radius 3 is 1.77 bits per heavy atom. The number of hydrogen-bond donors (Lipinski definition) is 2. The fraction of sp³-hybridized carbons (Fsp3) is 0.118. The number of carbonyl (C=O) groups excluding carboxylic acids is 3. The van der Waals surface area contributed by atoms with Crippen molar-refractivity contribution in [3.05, 3.63) is 60.2 Å². The number of para-hydroxylation sites is 1. The van der Waals surface area contributed by atoms with Gasteiger partial charge in [0.15, 0.2) is 5.78 Å². The average Bonchev–Trinajstić information content (AvgIpc) is 2.48. The van der Waals surface area contributed by atoms with Crippen molar-refractivity contribution >= 4 is 29.0 Å². The summed E-state index contributed by atoms with van der Waals surface area (Å²) in [6.45, 7) is 1.47. The van der Waals surface area contributed by atoms with Crippen LogP contribution in [0.15, 0.2) is 54.6 Å². The highest BCUT2D eigenvalue weighted by molar-refractivity contribution is 6.08. The van der Waals surface area contributed by atoms with Gasteiger partial charge in [-0.15, -0.1) is 0 Å². The number of rotatable bonds is 5. The second-order valence-corrected chi connectivity index (χ2v) is 4.77. The first-order chi connectivity index (χ1) is 10.5. The number of Topliss-reactive ketones (excluding diaryl/α,β-unsaturated/α-hetero) is 1. The molecule has 0 radical (unpaired) electrons. The number of benzene rings is 2. The van der Waals surface area contributed by atoms with Crippen molar-refractivity contribution in [3.63, 3.8) is 0 Å². The van der Waals surface area contributed by atoms with Crippen LogP contribution in [0.25, 0.3) is 0 Å². The lowest BCUT2D eigenvalue weighted by Gasteiger charge is -2.07. The van der Waals surface area contributed by atoms with Crippen molar-refractivity contribution < 1.29 is 14.4 Å². The maximum absolute atomic E-state index is 11.8. The minimum absolute atomic E-state index is 0.0416. The Kier molecular flexibility index (Phi) is 5.03. The van der Waals surface area contributed by atoms with Crippen LogP contribution in [0.2, 0.25) is 0 Å². The van der Waals surface area contributed by atoms with Gasteiger partial charge < -0.3 is 10.6 Å². The molecule has 2 aromatic rings. The van der Waals surface area contributed by atoms with Gasteiger partial charge in [-0.2, -0.15) is 0 Å². The number of hydrogen-bond acceptors (Lipinski definition) is 3. The number of carbonyl (C=O) groups is 3. The number of ketones is 1. The highest BCUT2D eigenvalue weighted by Gasteiger charge is 2.10. The molecule has 0 aliphatic carbocycles. The predicted molar refractivity (Wildman–Crippen MR) is 84.8 cm³/mol. The Balaban J connectivity index is 1.87. The Morgan fingerprint density at radius 1 is 0.773 bits per heavy atom. The molecular formula is C17H16N2O3. The van der Waals surface area contributed by atoms with Gasteiger partial charge >= 0.3 is 0 Å². The van der Waals surface area contributed by atoms with E-state index in [0.29, 0.717) is 16.9 Å². The molecule has 0 saturated carbocycles. The summed E-state index contributed by atoms with van der Waals surface area (Å²) in [5.74, 6) is -0.840. The van der Waals surface area contributed by atoms with E-state index in [1.807, 2.05) is 6.07 Å². The minimum Gasteiger partial charge on any atom is -0.326 e. The molecule has 0 heterocycles. The summed E-state index contributed by atoms with van der Waals surface area (Å²) in [5.41, 5.74) is 1.76. The molecule has 5 heteroatoms. The highest BCUT2D eigenvalue weighted by atomic mass is 16.2. The zero-order valence-electron chi connectivity index (χ0n) is 12.1. The first kappa shape index (κ1) is 15.4. The smallest absolute Gasteiger partial charge is 0.233 e. The quantitative estimate of drug-likeness (QED) is 0.658. The van der Waals surface area contributed by atoms with Gasteiger partial charge in [0.25, 0.3) is 0 Å². The Hall–Kier alpha value is -2.95. The van der Waals surface area contributed by atoms with Crippen molar-refractivity contribution in [1.82, 2.24) is 0 Å². The number of anilines is 2. The van der Waals surface area contributed by atoms with Crippen LogP contribution in [0.3, 0.4) is 0 Å². The summed E-state index contributed by atoms with van der Waals surface area (Å²) < 4.78 is 0. The Morgan fingerprint density at radius 2 is 1.27 bits per heavy atom. The maximum Gasteiger partial charge on any atom is 0.233 e. The van der Waals surface area contributed by atoms with Crippen LogP contribution in [-0.2, 0) is 9.59 Å². The SMILES string of the molecule is CC(=O)c1ccc(NC(=O)CC(=O)Nc2ccccc2)cc1. The van der Waals surface area contributed by atoms with Crippen LogP contribution in [0.5, 0.6) is 0 Å². The first-order valence-corrected chi connectivity index (χ1v) is 6.80. The molecule has 2 aromatic carbocycles. The molecular weight excluding hydrogens is 280 g/mol. The molecule has 112 valence electrons. The second kappa shape index (κ2) is 7.17. The summed E-state index contributed by atoms with van der Waals surface area (Å²) in [4.78, 5) is 34.7. The van der Waals surface area contributed by atoms with Crippen molar-refractivity contribution in [1.29, 1.82) is 0 Å². The molecule has 0 aromatic heterocycles. The van der Waals surface area contributed by atoms with E-state index in [2.05, 4.69) is 10.6 Å². The van der Waals surface area contributed by atoms with Crippen LogP contribution >= 0.6 is 0 Å². The zero-order chi connectivity index (χ0) is 15.9. The molecule has 0 aliphatic heterocycles. The summed E-state index contributed by atoms with van der Waals surface area (Å²) in [6, 6.07) is 15.4. The standard InChI is InChI=1S/C17H16N2O3/c1-12(20)13-7-9-15(10-8-13)19-17(22)11-16(21)18-14-5-3-2-4-6-14/h2-10H,11H2,1H3,(H,18,21)(H,19,22). The fourth-order valence-electron chi connectivity index (χ4n) is 1.87. The molecule has 0 aliphatic rings. The van der Waals surface area contributed by atoms with E-state index >= 15 is 0 Å². The monoisotopic (exact) mass is 296 g/mol. The van der Waals surface area contributed by atoms with E-state index < -0.39 is 5.91 Å². The van der Waals surface area contributed by atoms with Crippen LogP contribution < -0.4 is 10.6 Å². The van der Waals surface area contributed by atoms with Crippen molar-refractivity contribution in [2.45, 2.75) is 13.3 Å². The molecule has 0 saturated heterocycles. The van der Waals surface area contributed by atoms with E-state index in [-0.39, 0.29) is 18.1 Å². The lowest BCUT2D eigenvalue weighted by atomic mass is 10.1. The second-order valence-electron chi connectivity index (χ2n) is 4.77. The average molecular weight is 296 g/mol. The third-order valence-corrected chi connectivity index (χ3v) is 2.95. The lowest BCUT2D eigenvalue weighted by molar-refractivity contribution is -0.123. The molecule has 0 spiro atoms. The van der Waals surface area contributed by atoms with Gasteiger partial charge in [-0.25, -0.2) is 0 Å². The molecule has 0 unspecified atom stereocenters. The molecule has 0 atom stereocenters. The van der Waals surface area contributed by atoms with E-state index in [1.54, 1.807) is 48.5 Å². The van der Waals surface area contributed by atoms with Gasteiger partial charge in [-0.05, 0) is 43.3 Å². The fourth-order valence-corrected chi connectivity index (χ4v) is 1.87. The van der Waals surface area contributed by atoms with E-state index in [4.69, 9.17) is 0 Å². The van der Waals surface area contributed by atoms with Gasteiger partial charge in [0.1, 0.15) is 6.42 Å². The van der Waals surface area contributed by atoms with Gasteiger partial charge in [-0.3, -0.25) is 14.4 Å². The molecule has 2 N–H and O–H groups in total. The molecule has 5 nitrogen and oxygen atoms in total. The van der Waals surface area contributed by atoms with E-state index in [0.717, 1.165) is 0 Å². The van der Waals surface area contributed by atoms with Gasteiger partial charge in [-0.1, -0.05) is 18.2 Å². The molecule has 22 heavy (non-hydrogen) atoms. The number of nitrogens with one attached hydrogen (secondary N) is 2. The first-order valence-electron chi connectivity index (χ1n) is 6.80. The largest absolute Gasteiger partial charge is 0.326 e. The van der Waals surface area contributed by atoms with Crippen LogP contribution in [0.1, 0.15) is 23.7 Å². The summed E-state index contributed by atoms with van der Waals surface area (Å²) in [5, 5.41) is 5.25. The van der Waals surface area contributed by atoms with E-state index in [9.17, 15) is 14.4 Å². The van der Waals surface area contributed by atoms with Crippen molar-refractivity contribution in [2.75, 3.05) is 10.6 Å². The topological polar surface area (TPSA) is 75.3 Å². The Bertz CT molecular complexity index is 679. The highest BCUT2D eigenvalue weighted by Crippen LogP contribution is 2.11. The van der Waals surface area contributed by atoms with Crippen LogP contribution in [0.4, 0.5) is 11.4 Å². The lowest BCUT2D eigenvalue weighted by Crippen LogP contribution is -2.21. The van der Waals surface area contributed by atoms with Crippen molar-refractivity contribution in [3.8, 4) is 0 Å². The summed E-state index contributed by atoms with van der Waals surface area (Å²) in [6.07, 6.45) is -0.274. The predicted octanol–water partition coefficient (Wildman–Crippen LogP) is 2.86. The zero-order valence-corrected chi connectivity index (χ0v) is 12.1. The summed E-state index contributed by atoms with van der Waals surface area (Å²) in [7, 11) is 0. The van der Waals surface area contributed by atoms with Crippen molar-refractivity contribution in [2.24, 2.45) is 0 Å². The van der Waals surface area contributed by atoms with Crippen LogP contribution in [0, 0.1) is 0 Å². The normalized spacial score (nSPS) is 9.86. The molecule has 0 bridgehead atoms. The Labute approximate surface area is 128 Å². The van der Waals surface area contributed by atoms with Gasteiger partial charge in [0.05, 0.1) is 0 Å². The molecule has 2 rings (SSSR count). The van der Waals surface area contributed by atoms with Gasteiger partial charge in [0.2, 0.25) is 11.8 Å².